The highest BCUT2D eigenvalue weighted by Crippen LogP contribution is 2.36. The fourth-order valence-corrected chi connectivity index (χ4v) is 4.76. The summed E-state index contributed by atoms with van der Waals surface area (Å²) in [5.74, 6) is 0.0942. The van der Waals surface area contributed by atoms with Crippen LogP contribution in [0.5, 0.6) is 0 Å². The molecule has 1 saturated heterocycles. The summed E-state index contributed by atoms with van der Waals surface area (Å²) in [5, 5.41) is 7.44. The van der Waals surface area contributed by atoms with Crippen molar-refractivity contribution >= 4 is 11.8 Å². The molecule has 1 aliphatic carbocycles. The van der Waals surface area contributed by atoms with Gasteiger partial charge in [0.25, 0.3) is 0 Å². The van der Waals surface area contributed by atoms with Crippen molar-refractivity contribution in [1.29, 1.82) is 0 Å². The van der Waals surface area contributed by atoms with Gasteiger partial charge in [-0.25, -0.2) is 0 Å². The molecule has 1 aromatic heterocycles. The summed E-state index contributed by atoms with van der Waals surface area (Å²) >= 11 is 0. The third kappa shape index (κ3) is 4.73. The molecule has 31 heavy (non-hydrogen) atoms. The largest absolute Gasteiger partial charge is 0.352 e. The molecule has 2 amide bonds. The van der Waals surface area contributed by atoms with Gasteiger partial charge in [-0.3, -0.25) is 14.3 Å². The van der Waals surface area contributed by atoms with Crippen molar-refractivity contribution < 1.29 is 9.59 Å². The van der Waals surface area contributed by atoms with Gasteiger partial charge in [-0.2, -0.15) is 5.10 Å². The van der Waals surface area contributed by atoms with Gasteiger partial charge in [-0.05, 0) is 50.2 Å². The van der Waals surface area contributed by atoms with E-state index in [1.165, 1.54) is 18.4 Å². The zero-order chi connectivity index (χ0) is 21.7. The van der Waals surface area contributed by atoms with Gasteiger partial charge in [0.15, 0.2) is 0 Å². The van der Waals surface area contributed by atoms with Crippen LogP contribution in [-0.4, -0.2) is 46.1 Å². The fraction of sp³-hybridized carbons (Fsp3) is 0.480. The number of likely N-dealkylation sites (tertiary alicyclic amines) is 1. The zero-order valence-electron chi connectivity index (χ0n) is 18.3. The molecule has 1 aromatic carbocycles. The first-order chi connectivity index (χ1) is 15.1. The molecule has 2 aliphatic rings. The van der Waals surface area contributed by atoms with Gasteiger partial charge in [0.2, 0.25) is 11.8 Å². The van der Waals surface area contributed by atoms with E-state index in [9.17, 15) is 9.59 Å². The second kappa shape index (κ2) is 9.50. The predicted octanol–water partition coefficient (Wildman–Crippen LogP) is 3.52. The molecule has 0 saturated carbocycles. The summed E-state index contributed by atoms with van der Waals surface area (Å²) in [6, 6.07) is 11.6. The van der Waals surface area contributed by atoms with Crippen molar-refractivity contribution in [3.63, 3.8) is 0 Å². The molecule has 1 unspecified atom stereocenters. The van der Waals surface area contributed by atoms with Crippen molar-refractivity contribution in [3.8, 4) is 0 Å². The molecule has 0 spiro atoms. The Labute approximate surface area is 184 Å². The van der Waals surface area contributed by atoms with E-state index in [1.54, 1.807) is 10.9 Å². The summed E-state index contributed by atoms with van der Waals surface area (Å²) in [4.78, 5) is 28.3. The number of hydrogen-bond donors (Lipinski definition) is 1. The summed E-state index contributed by atoms with van der Waals surface area (Å²) in [7, 11) is 0. The normalized spacial score (nSPS) is 18.6. The topological polar surface area (TPSA) is 67.2 Å². The maximum Gasteiger partial charge on any atom is 0.247 e. The Morgan fingerprint density at radius 3 is 2.61 bits per heavy atom. The molecule has 4 rings (SSSR count). The van der Waals surface area contributed by atoms with Crippen LogP contribution in [0.3, 0.4) is 0 Å². The second-order valence-electron chi connectivity index (χ2n) is 8.84. The quantitative estimate of drug-likeness (QED) is 0.665. The van der Waals surface area contributed by atoms with Crippen molar-refractivity contribution in [2.75, 3.05) is 19.6 Å². The minimum atomic E-state index is -0.575. The van der Waals surface area contributed by atoms with Crippen molar-refractivity contribution in [3.05, 3.63) is 66.0 Å². The molecule has 164 valence electrons. The van der Waals surface area contributed by atoms with Gasteiger partial charge in [0, 0.05) is 32.0 Å². The number of allylic oxidation sites excluding steroid dienone is 1. The molecule has 0 bridgehead atoms. The van der Waals surface area contributed by atoms with Gasteiger partial charge in [0.05, 0.1) is 5.41 Å². The lowest BCUT2D eigenvalue weighted by molar-refractivity contribution is -0.156. The van der Waals surface area contributed by atoms with Crippen LogP contribution >= 0.6 is 0 Å². The lowest BCUT2D eigenvalue weighted by Gasteiger charge is -2.50. The highest BCUT2D eigenvalue weighted by molar-refractivity contribution is 5.89. The van der Waals surface area contributed by atoms with Crippen LogP contribution in [-0.2, 0) is 16.0 Å². The highest BCUT2D eigenvalue weighted by atomic mass is 16.2. The van der Waals surface area contributed by atoms with Gasteiger partial charge in [-0.1, -0.05) is 48.9 Å². The predicted molar refractivity (Wildman–Crippen MR) is 120 cm³/mol. The van der Waals surface area contributed by atoms with E-state index < -0.39 is 5.41 Å². The number of aromatic nitrogens is 2. The number of nitrogens with one attached hydrogen (secondary N) is 1. The number of carbonyl (C=O) groups excluding carboxylic acids is 2. The fourth-order valence-electron chi connectivity index (χ4n) is 4.76. The number of nitrogens with zero attached hydrogens (tertiary/aromatic N) is 3. The van der Waals surface area contributed by atoms with E-state index in [-0.39, 0.29) is 17.9 Å². The molecule has 2 heterocycles. The first-order valence-electron chi connectivity index (χ1n) is 11.4. The first-order valence-corrected chi connectivity index (χ1v) is 11.4. The van der Waals surface area contributed by atoms with E-state index in [1.807, 2.05) is 42.3 Å². The average Bonchev–Trinajstić information content (AvgIpc) is 3.30. The number of rotatable bonds is 8. The molecule has 0 radical (unpaired) electrons. The first kappa shape index (κ1) is 21.3. The van der Waals surface area contributed by atoms with Gasteiger partial charge in [-0.15, -0.1) is 0 Å². The Kier molecular flexibility index (Phi) is 6.54. The monoisotopic (exact) mass is 420 g/mol. The minimum absolute atomic E-state index is 0.0395. The minimum Gasteiger partial charge on any atom is -0.352 e. The third-order valence-corrected chi connectivity index (χ3v) is 6.54. The molecular weight excluding hydrogens is 388 g/mol. The molecule has 1 N–H and O–H groups in total. The summed E-state index contributed by atoms with van der Waals surface area (Å²) in [6.07, 6.45) is 11.7. The van der Waals surface area contributed by atoms with E-state index in [4.69, 9.17) is 0 Å². The SMILES string of the molecule is CCC(C(=O)N1CC(Cc2ccccc2)(C(=O)NCC2=CCCCC2)C1)n1cccn1. The van der Waals surface area contributed by atoms with Crippen molar-refractivity contribution in [2.24, 2.45) is 5.41 Å². The van der Waals surface area contributed by atoms with Crippen LogP contribution in [0.4, 0.5) is 0 Å². The molecule has 6 heteroatoms. The number of hydrogen-bond acceptors (Lipinski definition) is 3. The van der Waals surface area contributed by atoms with Gasteiger partial charge < -0.3 is 10.2 Å². The molecule has 1 aliphatic heterocycles. The van der Waals surface area contributed by atoms with Crippen molar-refractivity contribution in [2.45, 2.75) is 51.5 Å². The Morgan fingerprint density at radius 1 is 1.16 bits per heavy atom. The molecule has 1 atom stereocenters. The Hall–Kier alpha value is -2.89. The summed E-state index contributed by atoms with van der Waals surface area (Å²) in [5.41, 5.74) is 1.88. The van der Waals surface area contributed by atoms with Crippen molar-refractivity contribution in [1.82, 2.24) is 20.0 Å². The van der Waals surface area contributed by atoms with E-state index in [0.29, 0.717) is 32.5 Å². The number of benzene rings is 1. The molecular formula is C25H32N4O2. The standard InChI is InChI=1S/C25H32N4O2/c1-2-22(29-15-9-14-27-29)23(30)28-18-25(19-28,16-20-10-5-3-6-11-20)24(31)26-17-21-12-7-4-8-13-21/h3,5-6,9-12,14-15,22H,2,4,7-8,13,16-19H2,1H3,(H,26,31). The summed E-state index contributed by atoms with van der Waals surface area (Å²) < 4.78 is 1.72. The zero-order valence-corrected chi connectivity index (χ0v) is 18.3. The Bertz CT molecular complexity index is 914. The van der Waals surface area contributed by atoms with Gasteiger partial charge in [0.1, 0.15) is 6.04 Å². The maximum atomic E-state index is 13.3. The van der Waals surface area contributed by atoms with Crippen LogP contribution in [0, 0.1) is 5.41 Å². The number of amides is 2. The summed E-state index contributed by atoms with van der Waals surface area (Å²) in [6.45, 7) is 3.51. The van der Waals surface area contributed by atoms with E-state index >= 15 is 0 Å². The molecule has 1 fully saturated rings. The van der Waals surface area contributed by atoms with Crippen LogP contribution in [0.1, 0.15) is 50.6 Å². The maximum absolute atomic E-state index is 13.3. The lowest BCUT2D eigenvalue weighted by atomic mass is 9.73. The van der Waals surface area contributed by atoms with Crippen LogP contribution in [0.2, 0.25) is 0 Å². The molecule has 6 nitrogen and oxygen atoms in total. The van der Waals surface area contributed by atoms with E-state index in [2.05, 4.69) is 28.6 Å². The van der Waals surface area contributed by atoms with E-state index in [0.717, 1.165) is 18.4 Å². The average molecular weight is 421 g/mol. The van der Waals surface area contributed by atoms with Crippen LogP contribution in [0.25, 0.3) is 0 Å². The van der Waals surface area contributed by atoms with Gasteiger partial charge >= 0.3 is 0 Å². The van der Waals surface area contributed by atoms with Crippen LogP contribution < -0.4 is 5.32 Å². The van der Waals surface area contributed by atoms with Crippen LogP contribution in [0.15, 0.2) is 60.4 Å². The number of carbonyl (C=O) groups is 2. The smallest absolute Gasteiger partial charge is 0.247 e. The Morgan fingerprint density at radius 2 is 1.97 bits per heavy atom. The highest BCUT2D eigenvalue weighted by Gasteiger charge is 2.51. The third-order valence-electron chi connectivity index (χ3n) is 6.54. The lowest BCUT2D eigenvalue weighted by Crippen LogP contribution is -2.66. The second-order valence-corrected chi connectivity index (χ2v) is 8.84. The Balaban J connectivity index is 1.46. The molecule has 2 aromatic rings.